The Hall–Kier alpha value is -3.90. The Morgan fingerprint density at radius 1 is 1.10 bits per heavy atom. The van der Waals surface area contributed by atoms with Gasteiger partial charge in [-0.2, -0.15) is 0 Å². The van der Waals surface area contributed by atoms with Crippen LogP contribution in [0.5, 0.6) is 23.0 Å². The molecule has 1 aliphatic heterocycles. The summed E-state index contributed by atoms with van der Waals surface area (Å²) in [5.74, 6) is 0.510. The Morgan fingerprint density at radius 3 is 2.40 bits per heavy atom. The van der Waals surface area contributed by atoms with E-state index in [0.717, 1.165) is 0 Å². The Morgan fingerprint density at radius 2 is 1.79 bits per heavy atom. The van der Waals surface area contributed by atoms with Gasteiger partial charge in [-0.3, -0.25) is 14.2 Å². The highest BCUT2D eigenvalue weighted by atomic mass is 79.9. The topological polar surface area (TPSA) is 115 Å². The number of methoxy groups -OCH3 is 2. The van der Waals surface area contributed by atoms with Crippen molar-refractivity contribution in [2.24, 2.45) is 4.99 Å². The molecule has 2 heterocycles. The summed E-state index contributed by atoms with van der Waals surface area (Å²) in [6.45, 7) is 8.72. The van der Waals surface area contributed by atoms with Gasteiger partial charge in [0, 0.05) is 11.4 Å². The van der Waals surface area contributed by atoms with Crippen LogP contribution in [0.15, 0.2) is 55.9 Å². The van der Waals surface area contributed by atoms with Crippen LogP contribution in [0.1, 0.15) is 51.8 Å². The van der Waals surface area contributed by atoms with Crippen LogP contribution in [0.3, 0.4) is 0 Å². The number of esters is 2. The van der Waals surface area contributed by atoms with Crippen LogP contribution in [-0.2, 0) is 14.3 Å². The highest BCUT2D eigenvalue weighted by molar-refractivity contribution is 9.10. The van der Waals surface area contributed by atoms with E-state index in [1.807, 2.05) is 13.8 Å². The molecule has 0 saturated carbocycles. The van der Waals surface area contributed by atoms with Gasteiger partial charge in [0.15, 0.2) is 27.8 Å². The molecule has 0 unspecified atom stereocenters. The van der Waals surface area contributed by atoms with Gasteiger partial charge in [0.25, 0.3) is 5.56 Å². The molecule has 0 bridgehead atoms. The molecule has 42 heavy (non-hydrogen) atoms. The van der Waals surface area contributed by atoms with Crippen molar-refractivity contribution in [3.63, 3.8) is 0 Å². The molecule has 0 fully saturated rings. The van der Waals surface area contributed by atoms with Crippen molar-refractivity contribution in [3.8, 4) is 23.0 Å². The average Bonchev–Trinajstić information content (AvgIpc) is 3.23. The van der Waals surface area contributed by atoms with E-state index in [2.05, 4.69) is 20.9 Å². The van der Waals surface area contributed by atoms with Crippen molar-refractivity contribution in [2.45, 2.75) is 46.8 Å². The summed E-state index contributed by atoms with van der Waals surface area (Å²) in [5.41, 5.74) is 1.59. The molecule has 12 heteroatoms. The molecule has 1 aromatic heterocycles. The number of halogens is 1. The number of carbonyl (C=O) groups excluding carboxylic acids is 2. The van der Waals surface area contributed by atoms with Crippen molar-refractivity contribution < 1.29 is 33.3 Å². The van der Waals surface area contributed by atoms with Gasteiger partial charge >= 0.3 is 11.9 Å². The third kappa shape index (κ3) is 6.29. The van der Waals surface area contributed by atoms with Crippen molar-refractivity contribution in [1.82, 2.24) is 4.57 Å². The van der Waals surface area contributed by atoms with E-state index >= 15 is 0 Å². The van der Waals surface area contributed by atoms with E-state index in [1.54, 1.807) is 50.3 Å². The van der Waals surface area contributed by atoms with Gasteiger partial charge in [0.05, 0.1) is 48.8 Å². The lowest BCUT2D eigenvalue weighted by Crippen LogP contribution is -2.40. The van der Waals surface area contributed by atoms with Crippen LogP contribution in [0, 0.1) is 0 Å². The normalized spacial score (nSPS) is 14.8. The molecule has 2 aromatic carbocycles. The molecular formula is C30H31BrN2O8S. The van der Waals surface area contributed by atoms with Crippen LogP contribution < -0.4 is 33.8 Å². The molecule has 1 atom stereocenters. The van der Waals surface area contributed by atoms with Crippen LogP contribution >= 0.6 is 27.3 Å². The molecule has 222 valence electrons. The molecule has 0 amide bonds. The monoisotopic (exact) mass is 658 g/mol. The molecule has 3 aromatic rings. The fourth-order valence-electron chi connectivity index (χ4n) is 4.51. The summed E-state index contributed by atoms with van der Waals surface area (Å²) in [4.78, 5) is 43.8. The predicted molar refractivity (Wildman–Crippen MR) is 161 cm³/mol. The molecule has 0 N–H and O–H groups in total. The highest BCUT2D eigenvalue weighted by Gasteiger charge is 2.34. The summed E-state index contributed by atoms with van der Waals surface area (Å²) in [5, 5.41) is 0. The van der Waals surface area contributed by atoms with Crippen LogP contribution in [0.4, 0.5) is 0 Å². The Kier molecular flexibility index (Phi) is 9.57. The van der Waals surface area contributed by atoms with E-state index < -0.39 is 18.0 Å². The molecular weight excluding hydrogens is 628 g/mol. The van der Waals surface area contributed by atoms with E-state index in [4.69, 9.17) is 23.7 Å². The van der Waals surface area contributed by atoms with Gasteiger partial charge in [-0.25, -0.2) is 9.79 Å². The van der Waals surface area contributed by atoms with Crippen LogP contribution in [0.25, 0.3) is 6.08 Å². The molecule has 1 aliphatic rings. The summed E-state index contributed by atoms with van der Waals surface area (Å²) >= 11 is 4.68. The molecule has 4 rings (SSSR count). The SMILES string of the molecule is CCOC(=O)C1=C(C)N=c2s/c(=C\c3cc(OC)c(OC(C)=O)cc3Br)c(=O)n2[C@H]1c1ccc(OC(C)C)c(OC)c1. The third-order valence-corrected chi connectivity index (χ3v) is 7.88. The van der Waals surface area contributed by atoms with Crippen molar-refractivity contribution in [1.29, 1.82) is 0 Å². The van der Waals surface area contributed by atoms with Crippen molar-refractivity contribution in [2.75, 3.05) is 20.8 Å². The zero-order chi connectivity index (χ0) is 30.7. The van der Waals surface area contributed by atoms with Crippen LogP contribution in [0.2, 0.25) is 0 Å². The molecule has 0 radical (unpaired) electrons. The Labute approximate surface area is 255 Å². The smallest absolute Gasteiger partial charge is 0.338 e. The molecule has 0 saturated heterocycles. The lowest BCUT2D eigenvalue weighted by molar-refractivity contribution is -0.139. The minimum absolute atomic E-state index is 0.0827. The summed E-state index contributed by atoms with van der Waals surface area (Å²) in [7, 11) is 2.99. The van der Waals surface area contributed by atoms with E-state index in [0.29, 0.717) is 47.9 Å². The lowest BCUT2D eigenvalue weighted by Gasteiger charge is -2.25. The number of thiazole rings is 1. The number of allylic oxidation sites excluding steroid dienone is 1. The highest BCUT2D eigenvalue weighted by Crippen LogP contribution is 2.37. The van der Waals surface area contributed by atoms with Crippen LogP contribution in [-0.4, -0.2) is 43.4 Å². The first-order valence-electron chi connectivity index (χ1n) is 13.1. The number of benzene rings is 2. The maximum atomic E-state index is 14.0. The second-order valence-corrected chi connectivity index (χ2v) is 11.4. The number of aromatic nitrogens is 1. The van der Waals surface area contributed by atoms with Crippen molar-refractivity contribution >= 4 is 45.3 Å². The first kappa shape index (κ1) is 31.0. The standard InChI is InChI=1S/C30H31BrN2O8S/c1-8-39-29(36)26-16(4)32-30-33(27(26)18-9-10-21(40-15(2)3)22(11-18)37-6)28(35)25(42-30)13-19-12-23(38-7)24(14-20(19)31)41-17(5)34/h9-15,27H,8H2,1-7H3/b25-13-/t27-/m0/s1. The Balaban J connectivity index is 1.94. The molecule has 10 nitrogen and oxygen atoms in total. The predicted octanol–water partition coefficient (Wildman–Crippen LogP) is 4.29. The molecule has 0 aliphatic carbocycles. The number of fused-ring (bicyclic) bond motifs is 1. The van der Waals surface area contributed by atoms with Gasteiger partial charge in [-0.05, 0) is 69.2 Å². The second kappa shape index (κ2) is 13.0. The van der Waals surface area contributed by atoms with E-state index in [-0.39, 0.29) is 29.6 Å². The minimum Gasteiger partial charge on any atom is -0.493 e. The van der Waals surface area contributed by atoms with Gasteiger partial charge < -0.3 is 23.7 Å². The number of hydrogen-bond acceptors (Lipinski definition) is 10. The number of ether oxygens (including phenoxy) is 5. The lowest BCUT2D eigenvalue weighted by atomic mass is 9.95. The number of hydrogen-bond donors (Lipinski definition) is 0. The zero-order valence-corrected chi connectivity index (χ0v) is 26.7. The van der Waals surface area contributed by atoms with Gasteiger partial charge in [-0.1, -0.05) is 33.3 Å². The fourth-order valence-corrected chi connectivity index (χ4v) is 5.98. The van der Waals surface area contributed by atoms with Gasteiger partial charge in [-0.15, -0.1) is 0 Å². The van der Waals surface area contributed by atoms with Crippen molar-refractivity contribution in [3.05, 3.63) is 76.9 Å². The number of rotatable bonds is 9. The fraction of sp³-hybridized carbons (Fsp3) is 0.333. The quantitative estimate of drug-likeness (QED) is 0.247. The zero-order valence-electron chi connectivity index (χ0n) is 24.3. The first-order chi connectivity index (χ1) is 20.0. The van der Waals surface area contributed by atoms with Gasteiger partial charge in [0.2, 0.25) is 0 Å². The maximum absolute atomic E-state index is 14.0. The van der Waals surface area contributed by atoms with E-state index in [1.165, 1.54) is 37.0 Å². The molecule has 0 spiro atoms. The minimum atomic E-state index is -0.825. The first-order valence-corrected chi connectivity index (χ1v) is 14.7. The summed E-state index contributed by atoms with van der Waals surface area (Å²) < 4.78 is 29.9. The van der Waals surface area contributed by atoms with Gasteiger partial charge in [0.1, 0.15) is 0 Å². The third-order valence-electron chi connectivity index (χ3n) is 6.21. The second-order valence-electron chi connectivity index (χ2n) is 9.50. The summed E-state index contributed by atoms with van der Waals surface area (Å²) in [6, 6.07) is 7.75. The summed E-state index contributed by atoms with van der Waals surface area (Å²) in [6.07, 6.45) is 1.61. The van der Waals surface area contributed by atoms with E-state index in [9.17, 15) is 14.4 Å². The maximum Gasteiger partial charge on any atom is 0.338 e. The number of carbonyl (C=O) groups is 2. The average molecular weight is 660 g/mol. The number of nitrogens with zero attached hydrogens (tertiary/aromatic N) is 2. The largest absolute Gasteiger partial charge is 0.493 e. The Bertz CT molecular complexity index is 1760.